The van der Waals surface area contributed by atoms with Crippen molar-refractivity contribution >= 4 is 33.3 Å². The van der Waals surface area contributed by atoms with Crippen molar-refractivity contribution in [3.8, 4) is 0 Å². The van der Waals surface area contributed by atoms with Gasteiger partial charge in [0.2, 0.25) is 5.91 Å². The zero-order chi connectivity index (χ0) is 16.5. The third-order valence-electron chi connectivity index (χ3n) is 4.38. The summed E-state index contributed by atoms with van der Waals surface area (Å²) in [6.45, 7) is 1.98. The first kappa shape index (κ1) is 15.1. The van der Waals surface area contributed by atoms with Crippen molar-refractivity contribution in [2.24, 2.45) is 5.73 Å². The van der Waals surface area contributed by atoms with E-state index in [0.29, 0.717) is 0 Å². The molecular weight excluding hydrogens is 324 g/mol. The Labute approximate surface area is 143 Å². The highest BCUT2D eigenvalue weighted by Crippen LogP contribution is 2.33. The Morgan fingerprint density at radius 1 is 1.38 bits per heavy atom. The zero-order valence-corrected chi connectivity index (χ0v) is 13.9. The van der Waals surface area contributed by atoms with Crippen molar-refractivity contribution in [3.63, 3.8) is 0 Å². The highest BCUT2D eigenvalue weighted by molar-refractivity contribution is 7.17. The summed E-state index contributed by atoms with van der Waals surface area (Å²) in [5.74, 6) is 1.83. The summed E-state index contributed by atoms with van der Waals surface area (Å²) in [6.07, 6.45) is 7.29. The number of rotatable bonds is 4. The molecule has 4 heterocycles. The second-order valence-corrected chi connectivity index (χ2v) is 6.91. The summed E-state index contributed by atoms with van der Waals surface area (Å²) in [4.78, 5) is 26.9. The maximum absolute atomic E-state index is 11.3. The number of imidazole rings is 1. The molecule has 0 unspecified atom stereocenters. The number of aromatic nitrogens is 4. The molecule has 1 fully saturated rings. The summed E-state index contributed by atoms with van der Waals surface area (Å²) in [6, 6.07) is 2.02. The summed E-state index contributed by atoms with van der Waals surface area (Å²) in [5, 5.41) is 2.05. The van der Waals surface area contributed by atoms with Crippen molar-refractivity contribution < 1.29 is 4.79 Å². The SMILES string of the molecule is NC(=O)Cn1ccnc1[C@@H]1CCCN(c2ncnc3ccsc23)C1. The number of nitrogens with two attached hydrogens (primary N) is 1. The van der Waals surface area contributed by atoms with Gasteiger partial charge in [-0.3, -0.25) is 4.79 Å². The third-order valence-corrected chi connectivity index (χ3v) is 5.28. The predicted molar refractivity (Wildman–Crippen MR) is 93.0 cm³/mol. The maximum Gasteiger partial charge on any atom is 0.237 e. The van der Waals surface area contributed by atoms with E-state index in [0.717, 1.165) is 47.8 Å². The average Bonchev–Trinajstić information content (AvgIpc) is 3.23. The molecule has 0 aromatic carbocycles. The normalized spacial score (nSPS) is 18.2. The van der Waals surface area contributed by atoms with Gasteiger partial charge in [-0.1, -0.05) is 0 Å². The number of amides is 1. The van der Waals surface area contributed by atoms with Crippen LogP contribution in [-0.4, -0.2) is 38.5 Å². The number of primary amides is 1. The van der Waals surface area contributed by atoms with Crippen LogP contribution in [0.15, 0.2) is 30.2 Å². The molecule has 0 aliphatic carbocycles. The predicted octanol–water partition coefficient (Wildman–Crippen LogP) is 1.76. The molecule has 1 aliphatic heterocycles. The number of nitrogens with zero attached hydrogens (tertiary/aromatic N) is 5. The Bertz CT molecular complexity index is 872. The number of piperidine rings is 1. The van der Waals surface area contributed by atoms with Crippen LogP contribution in [0.25, 0.3) is 10.2 Å². The van der Waals surface area contributed by atoms with E-state index in [1.54, 1.807) is 23.9 Å². The molecule has 1 amide bonds. The number of carbonyl (C=O) groups excluding carboxylic acids is 1. The Kier molecular flexibility index (Phi) is 3.89. The van der Waals surface area contributed by atoms with E-state index < -0.39 is 0 Å². The van der Waals surface area contributed by atoms with Crippen LogP contribution >= 0.6 is 11.3 Å². The molecule has 3 aromatic rings. The Morgan fingerprint density at radius 2 is 2.29 bits per heavy atom. The topological polar surface area (TPSA) is 89.9 Å². The quantitative estimate of drug-likeness (QED) is 0.780. The van der Waals surface area contributed by atoms with Gasteiger partial charge < -0.3 is 15.2 Å². The van der Waals surface area contributed by atoms with Crippen LogP contribution in [0, 0.1) is 0 Å². The van der Waals surface area contributed by atoms with Crippen LogP contribution in [0.2, 0.25) is 0 Å². The molecule has 0 bridgehead atoms. The van der Waals surface area contributed by atoms with E-state index in [9.17, 15) is 4.79 Å². The average molecular weight is 342 g/mol. The van der Waals surface area contributed by atoms with Crippen LogP contribution in [0.4, 0.5) is 5.82 Å². The smallest absolute Gasteiger partial charge is 0.237 e. The van der Waals surface area contributed by atoms with Gasteiger partial charge in [-0.25, -0.2) is 15.0 Å². The van der Waals surface area contributed by atoms with Crippen LogP contribution in [0.5, 0.6) is 0 Å². The van der Waals surface area contributed by atoms with Gasteiger partial charge in [0.25, 0.3) is 0 Å². The fourth-order valence-corrected chi connectivity index (χ4v) is 4.23. The van der Waals surface area contributed by atoms with Crippen molar-refractivity contribution in [1.29, 1.82) is 0 Å². The van der Waals surface area contributed by atoms with Crippen LogP contribution in [-0.2, 0) is 11.3 Å². The highest BCUT2D eigenvalue weighted by atomic mass is 32.1. The maximum atomic E-state index is 11.3. The van der Waals surface area contributed by atoms with Crippen molar-refractivity contribution in [2.75, 3.05) is 18.0 Å². The van der Waals surface area contributed by atoms with Gasteiger partial charge in [0.1, 0.15) is 24.5 Å². The first-order valence-corrected chi connectivity index (χ1v) is 8.83. The zero-order valence-electron chi connectivity index (χ0n) is 13.1. The van der Waals surface area contributed by atoms with E-state index in [4.69, 9.17) is 5.73 Å². The Hall–Kier alpha value is -2.48. The molecule has 0 radical (unpaired) electrons. The molecule has 1 saturated heterocycles. The van der Waals surface area contributed by atoms with Gasteiger partial charge in [0.15, 0.2) is 0 Å². The molecule has 2 N–H and O–H groups in total. The lowest BCUT2D eigenvalue weighted by molar-refractivity contribution is -0.118. The van der Waals surface area contributed by atoms with Gasteiger partial charge in [-0.2, -0.15) is 0 Å². The standard InChI is InChI=1S/C16H18N6OS/c17-13(23)9-22-6-4-18-15(22)11-2-1-5-21(8-11)16-14-12(3-7-24-14)19-10-20-16/h3-4,6-7,10-11H,1-2,5,8-9H2,(H2,17,23)/t11-/m1/s1. The summed E-state index contributed by atoms with van der Waals surface area (Å²) < 4.78 is 2.98. The number of thiophene rings is 1. The molecular formula is C16H18N6OS. The first-order valence-electron chi connectivity index (χ1n) is 7.95. The molecule has 7 nitrogen and oxygen atoms in total. The largest absolute Gasteiger partial charge is 0.368 e. The molecule has 124 valence electrons. The van der Waals surface area contributed by atoms with Crippen LogP contribution < -0.4 is 10.6 Å². The van der Waals surface area contributed by atoms with E-state index in [-0.39, 0.29) is 18.4 Å². The second kappa shape index (κ2) is 6.20. The number of fused-ring (bicyclic) bond motifs is 1. The van der Waals surface area contributed by atoms with Crippen molar-refractivity contribution in [2.45, 2.75) is 25.3 Å². The van der Waals surface area contributed by atoms with Crippen molar-refractivity contribution in [1.82, 2.24) is 19.5 Å². The molecule has 24 heavy (non-hydrogen) atoms. The van der Waals surface area contributed by atoms with Gasteiger partial charge in [0.05, 0.1) is 10.2 Å². The minimum atomic E-state index is -0.349. The lowest BCUT2D eigenvalue weighted by Gasteiger charge is -2.33. The third kappa shape index (κ3) is 2.73. The molecule has 3 aromatic heterocycles. The van der Waals surface area contributed by atoms with E-state index >= 15 is 0 Å². The minimum absolute atomic E-state index is 0.175. The lowest BCUT2D eigenvalue weighted by Crippen LogP contribution is -2.36. The van der Waals surface area contributed by atoms with Crippen LogP contribution in [0.3, 0.4) is 0 Å². The molecule has 4 rings (SSSR count). The molecule has 8 heteroatoms. The van der Waals surface area contributed by atoms with Crippen molar-refractivity contribution in [3.05, 3.63) is 36.0 Å². The monoisotopic (exact) mass is 342 g/mol. The first-order chi connectivity index (χ1) is 11.7. The molecule has 0 saturated carbocycles. The number of hydrogen-bond acceptors (Lipinski definition) is 6. The number of anilines is 1. The van der Waals surface area contributed by atoms with E-state index in [1.807, 2.05) is 22.2 Å². The van der Waals surface area contributed by atoms with Gasteiger partial charge in [-0.15, -0.1) is 11.3 Å². The highest BCUT2D eigenvalue weighted by Gasteiger charge is 2.27. The molecule has 0 spiro atoms. The molecule has 1 aliphatic rings. The van der Waals surface area contributed by atoms with E-state index in [1.165, 1.54) is 0 Å². The number of hydrogen-bond donors (Lipinski definition) is 1. The minimum Gasteiger partial charge on any atom is -0.368 e. The fourth-order valence-electron chi connectivity index (χ4n) is 3.36. The Morgan fingerprint density at radius 3 is 3.17 bits per heavy atom. The van der Waals surface area contributed by atoms with Gasteiger partial charge >= 0.3 is 0 Å². The van der Waals surface area contributed by atoms with Crippen LogP contribution in [0.1, 0.15) is 24.6 Å². The fraction of sp³-hybridized carbons (Fsp3) is 0.375. The lowest BCUT2D eigenvalue weighted by atomic mass is 9.97. The number of carbonyl (C=O) groups is 1. The Balaban J connectivity index is 1.61. The summed E-state index contributed by atoms with van der Waals surface area (Å²) in [7, 11) is 0. The van der Waals surface area contributed by atoms with Gasteiger partial charge in [0, 0.05) is 31.4 Å². The summed E-state index contributed by atoms with van der Waals surface area (Å²) >= 11 is 1.67. The molecule has 1 atom stereocenters. The van der Waals surface area contributed by atoms with E-state index in [2.05, 4.69) is 19.9 Å². The summed E-state index contributed by atoms with van der Waals surface area (Å²) in [5.41, 5.74) is 6.33. The second-order valence-electron chi connectivity index (χ2n) is 6.00. The van der Waals surface area contributed by atoms with Gasteiger partial charge in [-0.05, 0) is 24.3 Å².